The lowest BCUT2D eigenvalue weighted by atomic mass is 10.1. The Labute approximate surface area is 131 Å². The minimum atomic E-state index is -0.343. The Morgan fingerprint density at radius 3 is 2.57 bits per heavy atom. The Kier molecular flexibility index (Phi) is 5.51. The molecule has 0 fully saturated rings. The topological polar surface area (TPSA) is 34.1 Å². The molecule has 0 spiro atoms. The minimum absolute atomic E-state index is 0.343. The van der Waals surface area contributed by atoms with Crippen LogP contribution >= 0.6 is 11.3 Å². The van der Waals surface area contributed by atoms with Crippen molar-refractivity contribution >= 4 is 11.3 Å². The van der Waals surface area contributed by atoms with Gasteiger partial charge in [0.2, 0.25) is 0 Å². The summed E-state index contributed by atoms with van der Waals surface area (Å²) in [5.74, 6) is 0. The number of aromatic nitrogens is 1. The summed E-state index contributed by atoms with van der Waals surface area (Å²) in [6, 6.07) is 10.4. The van der Waals surface area contributed by atoms with Crippen molar-refractivity contribution in [2.45, 2.75) is 32.8 Å². The molecule has 2 rings (SSSR count). The molecule has 4 heteroatoms. The molecule has 2 aromatic rings. The van der Waals surface area contributed by atoms with Crippen molar-refractivity contribution in [1.82, 2.24) is 10.3 Å². The van der Waals surface area contributed by atoms with Crippen LogP contribution in [0.15, 0.2) is 30.3 Å². The number of hydrogen-bond acceptors (Lipinski definition) is 4. The van der Waals surface area contributed by atoms with Crippen molar-refractivity contribution in [1.29, 1.82) is 0 Å². The molecule has 0 amide bonds. The first kappa shape index (κ1) is 16.1. The van der Waals surface area contributed by atoms with Crippen molar-refractivity contribution in [3.63, 3.8) is 0 Å². The number of nitrogens with zero attached hydrogens (tertiary/aromatic N) is 1. The predicted molar refractivity (Wildman–Crippen MR) is 89.8 cm³/mol. The molecule has 1 aromatic heterocycles. The van der Waals surface area contributed by atoms with Gasteiger partial charge in [0.15, 0.2) is 0 Å². The third-order valence-corrected chi connectivity index (χ3v) is 4.97. The molecule has 1 heterocycles. The molecule has 0 unspecified atom stereocenters. The van der Waals surface area contributed by atoms with E-state index in [9.17, 15) is 0 Å². The van der Waals surface area contributed by atoms with Crippen LogP contribution in [0.1, 0.15) is 30.7 Å². The van der Waals surface area contributed by atoms with Crippen molar-refractivity contribution in [3.05, 3.63) is 40.2 Å². The lowest BCUT2D eigenvalue weighted by Gasteiger charge is -2.19. The molecule has 0 aliphatic carbocycles. The van der Waals surface area contributed by atoms with Gasteiger partial charge in [0.05, 0.1) is 5.69 Å². The fourth-order valence-corrected chi connectivity index (χ4v) is 3.23. The molecule has 114 valence electrons. The van der Waals surface area contributed by atoms with Crippen molar-refractivity contribution in [2.24, 2.45) is 0 Å². The maximum absolute atomic E-state index is 5.59. The summed E-state index contributed by atoms with van der Waals surface area (Å²) in [5, 5.41) is 4.42. The van der Waals surface area contributed by atoms with Crippen LogP contribution in [0.3, 0.4) is 0 Å². The average Bonchev–Trinajstić information content (AvgIpc) is 2.93. The number of benzene rings is 1. The number of thiazole rings is 1. The van der Waals surface area contributed by atoms with Crippen molar-refractivity contribution in [3.8, 4) is 11.3 Å². The normalized spacial score (nSPS) is 11.8. The Morgan fingerprint density at radius 1 is 1.24 bits per heavy atom. The summed E-state index contributed by atoms with van der Waals surface area (Å²) in [6.45, 7) is 8.23. The largest absolute Gasteiger partial charge is 0.372 e. The van der Waals surface area contributed by atoms with Crippen molar-refractivity contribution < 1.29 is 4.74 Å². The van der Waals surface area contributed by atoms with Gasteiger partial charge in [0, 0.05) is 24.1 Å². The van der Waals surface area contributed by atoms with Gasteiger partial charge in [-0.1, -0.05) is 37.3 Å². The van der Waals surface area contributed by atoms with Gasteiger partial charge < -0.3 is 10.1 Å². The average molecular weight is 304 g/mol. The van der Waals surface area contributed by atoms with Crippen LogP contribution in [0.5, 0.6) is 0 Å². The highest BCUT2D eigenvalue weighted by atomic mass is 32.1. The number of nitrogens with one attached hydrogen (secondary N) is 1. The van der Waals surface area contributed by atoms with E-state index in [0.717, 1.165) is 30.2 Å². The van der Waals surface area contributed by atoms with E-state index in [0.29, 0.717) is 0 Å². The molecule has 0 aliphatic rings. The maximum atomic E-state index is 5.59. The Hall–Kier alpha value is -1.23. The third-order valence-electron chi connectivity index (χ3n) is 3.55. The molecule has 0 atom stereocenters. The van der Waals surface area contributed by atoms with E-state index in [1.807, 2.05) is 6.07 Å². The summed E-state index contributed by atoms with van der Waals surface area (Å²) in [5.41, 5.74) is 1.93. The van der Waals surface area contributed by atoms with Crippen LogP contribution in [-0.4, -0.2) is 25.2 Å². The summed E-state index contributed by atoms with van der Waals surface area (Å²) >= 11 is 1.76. The Morgan fingerprint density at radius 2 is 1.95 bits per heavy atom. The molecule has 1 N–H and O–H groups in total. The van der Waals surface area contributed by atoms with Crippen LogP contribution in [0.4, 0.5) is 0 Å². The molecule has 21 heavy (non-hydrogen) atoms. The lowest BCUT2D eigenvalue weighted by Crippen LogP contribution is -2.18. The van der Waals surface area contributed by atoms with E-state index in [1.165, 1.54) is 10.4 Å². The fourth-order valence-electron chi connectivity index (χ4n) is 2.07. The van der Waals surface area contributed by atoms with Gasteiger partial charge in [0.1, 0.15) is 10.6 Å². The zero-order valence-corrected chi connectivity index (χ0v) is 14.1. The monoisotopic (exact) mass is 304 g/mol. The van der Waals surface area contributed by atoms with Crippen LogP contribution < -0.4 is 5.32 Å². The molecular weight excluding hydrogens is 280 g/mol. The molecule has 0 radical (unpaired) electrons. The fraction of sp³-hybridized carbons (Fsp3) is 0.471. The van der Waals surface area contributed by atoms with E-state index in [1.54, 1.807) is 18.4 Å². The number of likely N-dealkylation sites (N-methyl/N-ethyl adjacent to an activating group) is 1. The third kappa shape index (κ3) is 3.90. The summed E-state index contributed by atoms with van der Waals surface area (Å²) in [6.07, 6.45) is 0.996. The smallest absolute Gasteiger partial charge is 0.125 e. The second-order valence-corrected chi connectivity index (χ2v) is 6.56. The van der Waals surface area contributed by atoms with Gasteiger partial charge in [-0.15, -0.1) is 11.3 Å². The Balaban J connectivity index is 2.36. The van der Waals surface area contributed by atoms with Crippen LogP contribution in [0.25, 0.3) is 11.3 Å². The zero-order chi connectivity index (χ0) is 15.3. The number of hydrogen-bond donors (Lipinski definition) is 1. The van der Waals surface area contributed by atoms with Gasteiger partial charge >= 0.3 is 0 Å². The van der Waals surface area contributed by atoms with E-state index in [2.05, 4.69) is 50.4 Å². The van der Waals surface area contributed by atoms with Gasteiger partial charge in [0.25, 0.3) is 0 Å². The zero-order valence-electron chi connectivity index (χ0n) is 13.3. The molecule has 3 nitrogen and oxygen atoms in total. The molecule has 0 saturated carbocycles. The first-order valence-corrected chi connectivity index (χ1v) is 8.21. The van der Waals surface area contributed by atoms with Gasteiger partial charge in [-0.2, -0.15) is 0 Å². The number of ether oxygens (including phenoxy) is 1. The number of rotatable bonds is 7. The van der Waals surface area contributed by atoms with E-state index in [4.69, 9.17) is 9.72 Å². The highest BCUT2D eigenvalue weighted by Crippen LogP contribution is 2.35. The first-order chi connectivity index (χ1) is 10.1. The van der Waals surface area contributed by atoms with Gasteiger partial charge in [-0.3, -0.25) is 0 Å². The first-order valence-electron chi connectivity index (χ1n) is 7.40. The maximum Gasteiger partial charge on any atom is 0.125 e. The molecule has 1 aromatic carbocycles. The highest BCUT2D eigenvalue weighted by molar-refractivity contribution is 7.12. The molecule has 0 saturated heterocycles. The molecule has 0 aliphatic heterocycles. The van der Waals surface area contributed by atoms with Crippen LogP contribution in [-0.2, 0) is 16.8 Å². The van der Waals surface area contributed by atoms with Crippen molar-refractivity contribution in [2.75, 3.05) is 20.2 Å². The summed E-state index contributed by atoms with van der Waals surface area (Å²) in [4.78, 5) is 6.19. The summed E-state index contributed by atoms with van der Waals surface area (Å²) < 4.78 is 5.59. The van der Waals surface area contributed by atoms with E-state index >= 15 is 0 Å². The highest BCUT2D eigenvalue weighted by Gasteiger charge is 2.26. The van der Waals surface area contributed by atoms with Gasteiger partial charge in [-0.25, -0.2) is 4.98 Å². The minimum Gasteiger partial charge on any atom is -0.372 e. The molecule has 0 bridgehead atoms. The predicted octanol–water partition coefficient (Wildman–Crippen LogP) is 3.84. The quantitative estimate of drug-likeness (QED) is 0.789. The van der Waals surface area contributed by atoms with Gasteiger partial charge in [-0.05, 0) is 26.8 Å². The lowest BCUT2D eigenvalue weighted by molar-refractivity contribution is 0.0191. The van der Waals surface area contributed by atoms with E-state index in [-0.39, 0.29) is 5.60 Å². The van der Waals surface area contributed by atoms with Crippen LogP contribution in [0.2, 0.25) is 0 Å². The standard InChI is InChI=1S/C17H24N2OS/c1-5-18-12-11-14-15(13-9-7-6-8-10-13)19-16(21-14)17(2,3)20-4/h6-10,18H,5,11-12H2,1-4H3. The summed E-state index contributed by atoms with van der Waals surface area (Å²) in [7, 11) is 1.74. The second-order valence-electron chi connectivity index (χ2n) is 5.47. The van der Waals surface area contributed by atoms with Crippen LogP contribution in [0, 0.1) is 0 Å². The molecular formula is C17H24N2OS. The SMILES string of the molecule is CCNCCc1sc(C(C)(C)OC)nc1-c1ccccc1. The number of methoxy groups -OCH3 is 1. The van der Waals surface area contributed by atoms with E-state index < -0.39 is 0 Å². The Bertz CT molecular complexity index is 563. The second kappa shape index (κ2) is 7.16.